The van der Waals surface area contributed by atoms with E-state index in [-0.39, 0.29) is 28.5 Å². The molecule has 2 aliphatic heterocycles. The summed E-state index contributed by atoms with van der Waals surface area (Å²) in [5, 5.41) is 9.67. The number of carbonyl (C=O) groups is 1. The van der Waals surface area contributed by atoms with Crippen LogP contribution in [-0.2, 0) is 16.6 Å². The highest BCUT2D eigenvalue weighted by Crippen LogP contribution is 2.42. The maximum absolute atomic E-state index is 15.2. The van der Waals surface area contributed by atoms with Crippen molar-refractivity contribution in [2.24, 2.45) is 5.14 Å². The molecule has 1 amide bonds. The zero-order valence-electron chi connectivity index (χ0n) is 24.1. The molecule has 3 heterocycles. The molecule has 0 radical (unpaired) electrons. The molecule has 236 valence electrons. The van der Waals surface area contributed by atoms with Crippen LogP contribution in [0.15, 0.2) is 83.9 Å². The standard InChI is InChI=1S/C32H31F4N5O3S/c33-24-5-3-22(4-6-24)29-19-40(20-32(29,35)36)31(42)28-17-38-41(26-9-7-25(34)8-10-26)30(28)23-13-15-39(16-14-23)18-21-1-11-27(12-2-21)45(37,43)44/h1-12,17,23,29H,13-16,18-20H2,(H2,37,43,44)/t29-/m1/s1. The van der Waals surface area contributed by atoms with Gasteiger partial charge < -0.3 is 4.90 Å². The molecule has 0 bridgehead atoms. The molecular formula is C32H31F4N5O3S. The van der Waals surface area contributed by atoms with E-state index in [2.05, 4.69) is 10.00 Å². The first-order chi connectivity index (χ1) is 21.4. The second-order valence-electron chi connectivity index (χ2n) is 11.6. The van der Waals surface area contributed by atoms with Crippen LogP contribution in [0.5, 0.6) is 0 Å². The number of benzene rings is 3. The SMILES string of the molecule is NS(=O)(=O)c1ccc(CN2CCC(c3c(C(=O)N4C[C@H](c5ccc(F)cc5)C(F)(F)C4)cnn3-c3ccc(F)cc3)CC2)cc1. The predicted molar refractivity (Wildman–Crippen MR) is 159 cm³/mol. The van der Waals surface area contributed by atoms with E-state index in [9.17, 15) is 22.0 Å². The van der Waals surface area contributed by atoms with Gasteiger partial charge >= 0.3 is 0 Å². The number of sulfonamides is 1. The fourth-order valence-corrected chi connectivity index (χ4v) is 6.78. The van der Waals surface area contributed by atoms with E-state index in [0.29, 0.717) is 43.9 Å². The molecular weight excluding hydrogens is 610 g/mol. The van der Waals surface area contributed by atoms with E-state index in [1.165, 1.54) is 42.6 Å². The molecule has 45 heavy (non-hydrogen) atoms. The first kappa shape index (κ1) is 30.9. The number of hydrogen-bond acceptors (Lipinski definition) is 5. The van der Waals surface area contributed by atoms with Crippen molar-refractivity contribution in [3.05, 3.63) is 113 Å². The highest BCUT2D eigenvalue weighted by Gasteiger charge is 2.50. The number of aromatic nitrogens is 2. The van der Waals surface area contributed by atoms with Crippen molar-refractivity contribution in [1.29, 1.82) is 0 Å². The number of halogens is 4. The summed E-state index contributed by atoms with van der Waals surface area (Å²) in [5.41, 5.74) is 2.51. The molecule has 2 aliphatic rings. The number of piperidine rings is 1. The summed E-state index contributed by atoms with van der Waals surface area (Å²) in [6.45, 7) is 0.865. The largest absolute Gasteiger partial charge is 0.332 e. The lowest BCUT2D eigenvalue weighted by Gasteiger charge is -2.33. The second-order valence-corrected chi connectivity index (χ2v) is 13.2. The van der Waals surface area contributed by atoms with Crippen molar-refractivity contribution >= 4 is 15.9 Å². The first-order valence-electron chi connectivity index (χ1n) is 14.5. The van der Waals surface area contributed by atoms with Crippen molar-refractivity contribution in [3.63, 3.8) is 0 Å². The zero-order valence-corrected chi connectivity index (χ0v) is 24.9. The highest BCUT2D eigenvalue weighted by molar-refractivity contribution is 7.89. The molecule has 13 heteroatoms. The van der Waals surface area contributed by atoms with E-state index in [1.807, 2.05) is 0 Å². The Morgan fingerprint density at radius 2 is 1.51 bits per heavy atom. The van der Waals surface area contributed by atoms with Gasteiger partial charge in [0.15, 0.2) is 0 Å². The number of primary sulfonamides is 1. The lowest BCUT2D eigenvalue weighted by atomic mass is 9.90. The number of amides is 1. The van der Waals surface area contributed by atoms with Crippen LogP contribution in [0.4, 0.5) is 17.6 Å². The van der Waals surface area contributed by atoms with Gasteiger partial charge in [0.05, 0.1) is 40.5 Å². The van der Waals surface area contributed by atoms with Crippen LogP contribution in [0.25, 0.3) is 5.69 Å². The fraction of sp³-hybridized carbons (Fsp3) is 0.312. The fourth-order valence-electron chi connectivity index (χ4n) is 6.26. The second kappa shape index (κ2) is 12.0. The number of carbonyl (C=O) groups excluding carboxylic acids is 1. The van der Waals surface area contributed by atoms with Gasteiger partial charge in [-0.25, -0.2) is 35.8 Å². The number of alkyl halides is 2. The Morgan fingerprint density at radius 1 is 0.911 bits per heavy atom. The van der Waals surface area contributed by atoms with E-state index in [4.69, 9.17) is 5.14 Å². The average Bonchev–Trinajstić information content (AvgIpc) is 3.59. The van der Waals surface area contributed by atoms with Crippen molar-refractivity contribution in [2.45, 2.75) is 42.0 Å². The van der Waals surface area contributed by atoms with Crippen LogP contribution in [0.3, 0.4) is 0 Å². The lowest BCUT2D eigenvalue weighted by molar-refractivity contribution is -0.00245. The molecule has 0 unspecified atom stereocenters. The van der Waals surface area contributed by atoms with Crippen molar-refractivity contribution in [3.8, 4) is 5.69 Å². The summed E-state index contributed by atoms with van der Waals surface area (Å²) in [6, 6.07) is 17.0. The molecule has 4 aromatic rings. The van der Waals surface area contributed by atoms with E-state index in [0.717, 1.165) is 22.6 Å². The van der Waals surface area contributed by atoms with Gasteiger partial charge in [0.25, 0.3) is 11.8 Å². The third-order valence-corrected chi connectivity index (χ3v) is 9.54. The molecule has 0 spiro atoms. The molecule has 2 saturated heterocycles. The molecule has 1 aromatic heterocycles. The molecule has 2 fully saturated rings. The maximum Gasteiger partial charge on any atom is 0.273 e. The van der Waals surface area contributed by atoms with Gasteiger partial charge in [-0.1, -0.05) is 24.3 Å². The highest BCUT2D eigenvalue weighted by atomic mass is 32.2. The van der Waals surface area contributed by atoms with Crippen molar-refractivity contribution in [1.82, 2.24) is 19.6 Å². The Balaban J connectivity index is 1.24. The number of rotatable bonds is 7. The molecule has 6 rings (SSSR count). The van der Waals surface area contributed by atoms with Gasteiger partial charge in [-0.3, -0.25) is 9.69 Å². The summed E-state index contributed by atoms with van der Waals surface area (Å²) in [4.78, 5) is 17.3. The van der Waals surface area contributed by atoms with Crippen LogP contribution in [0.1, 0.15) is 51.9 Å². The third kappa shape index (κ3) is 6.51. The Hall–Kier alpha value is -4.07. The lowest BCUT2D eigenvalue weighted by Crippen LogP contribution is -2.35. The minimum absolute atomic E-state index is 0.0379. The quantitative estimate of drug-likeness (QED) is 0.285. The summed E-state index contributed by atoms with van der Waals surface area (Å²) >= 11 is 0. The van der Waals surface area contributed by atoms with Crippen molar-refractivity contribution < 1.29 is 30.8 Å². The molecule has 0 aliphatic carbocycles. The van der Waals surface area contributed by atoms with Crippen molar-refractivity contribution in [2.75, 3.05) is 26.2 Å². The summed E-state index contributed by atoms with van der Waals surface area (Å²) in [5.74, 6) is -6.16. The minimum Gasteiger partial charge on any atom is -0.332 e. The van der Waals surface area contributed by atoms with E-state index >= 15 is 8.78 Å². The smallest absolute Gasteiger partial charge is 0.273 e. The molecule has 0 saturated carbocycles. The molecule has 3 aromatic carbocycles. The van der Waals surface area contributed by atoms with Gasteiger partial charge in [0, 0.05) is 19.0 Å². The third-order valence-electron chi connectivity index (χ3n) is 8.61. The van der Waals surface area contributed by atoms with Gasteiger partial charge in [-0.15, -0.1) is 0 Å². The predicted octanol–water partition coefficient (Wildman–Crippen LogP) is 5.05. The Bertz CT molecular complexity index is 1790. The molecule has 2 N–H and O–H groups in total. The average molecular weight is 642 g/mol. The van der Waals surface area contributed by atoms with Crippen LogP contribution < -0.4 is 5.14 Å². The van der Waals surface area contributed by atoms with Crippen LogP contribution in [-0.4, -0.2) is 66.0 Å². The summed E-state index contributed by atoms with van der Waals surface area (Å²) in [6.07, 6.45) is 2.66. The van der Waals surface area contributed by atoms with Gasteiger partial charge in [-0.05, 0) is 85.6 Å². The summed E-state index contributed by atoms with van der Waals surface area (Å²) < 4.78 is 82.3. The van der Waals surface area contributed by atoms with Gasteiger partial charge in [0.2, 0.25) is 10.0 Å². The van der Waals surface area contributed by atoms with Crippen LogP contribution in [0, 0.1) is 11.6 Å². The Morgan fingerprint density at radius 3 is 2.11 bits per heavy atom. The van der Waals surface area contributed by atoms with E-state index < -0.39 is 46.0 Å². The van der Waals surface area contributed by atoms with E-state index in [1.54, 1.807) is 28.9 Å². The number of likely N-dealkylation sites (tertiary alicyclic amines) is 2. The van der Waals surface area contributed by atoms with Gasteiger partial charge in [0.1, 0.15) is 11.6 Å². The Labute approximate surface area is 258 Å². The monoisotopic (exact) mass is 641 g/mol. The minimum atomic E-state index is -3.79. The van der Waals surface area contributed by atoms with Gasteiger partial charge in [-0.2, -0.15) is 5.10 Å². The topological polar surface area (TPSA) is 102 Å². The first-order valence-corrected chi connectivity index (χ1v) is 16.0. The van der Waals surface area contributed by atoms with Crippen LogP contribution in [0.2, 0.25) is 0 Å². The normalized spacial score (nSPS) is 19.2. The Kier molecular flexibility index (Phi) is 8.27. The number of nitrogens with zero attached hydrogens (tertiary/aromatic N) is 4. The van der Waals surface area contributed by atoms with Crippen LogP contribution >= 0.6 is 0 Å². The summed E-state index contributed by atoms with van der Waals surface area (Å²) in [7, 11) is -3.79. The number of hydrogen-bond donors (Lipinski definition) is 1. The number of nitrogens with two attached hydrogens (primary N) is 1. The molecule has 8 nitrogen and oxygen atoms in total. The zero-order chi connectivity index (χ0) is 31.9. The molecule has 1 atom stereocenters. The maximum atomic E-state index is 15.2.